The highest BCUT2D eigenvalue weighted by atomic mass is 16.6. The molecule has 3 aromatic rings. The van der Waals surface area contributed by atoms with Crippen LogP contribution in [0.2, 0.25) is 0 Å². The average Bonchev–Trinajstić information content (AvgIpc) is 2.79. The molecule has 0 radical (unpaired) electrons. The van der Waals surface area contributed by atoms with Crippen LogP contribution in [0, 0.1) is 0 Å². The summed E-state index contributed by atoms with van der Waals surface area (Å²) in [5, 5.41) is 21.6. The molecule has 0 bridgehead atoms. The zero-order valence-electron chi connectivity index (χ0n) is 18.2. The Morgan fingerprint density at radius 3 is 2.12 bits per heavy atom. The van der Waals surface area contributed by atoms with Gasteiger partial charge in [-0.1, -0.05) is 47.6 Å². The van der Waals surface area contributed by atoms with Gasteiger partial charge < -0.3 is 24.7 Å². The van der Waals surface area contributed by atoms with E-state index in [1.807, 2.05) is 50.5 Å². The molecule has 168 valence electrons. The average molecular weight is 438 g/mol. The van der Waals surface area contributed by atoms with Crippen molar-refractivity contribution in [2.24, 2.45) is 5.16 Å². The SMILES string of the molecule is COc1ccc(C(=NOCCN(C)C)c2cccc3ccccc23)cc1.O=C(O)C(=O)O. The van der Waals surface area contributed by atoms with E-state index < -0.39 is 11.9 Å². The van der Waals surface area contributed by atoms with E-state index in [-0.39, 0.29) is 0 Å². The van der Waals surface area contributed by atoms with Crippen molar-refractivity contribution in [3.63, 3.8) is 0 Å². The maximum atomic E-state index is 9.10. The second-order valence-corrected chi connectivity index (χ2v) is 6.94. The molecule has 8 heteroatoms. The van der Waals surface area contributed by atoms with Crippen LogP contribution in [0.1, 0.15) is 11.1 Å². The topological polar surface area (TPSA) is 109 Å². The summed E-state index contributed by atoms with van der Waals surface area (Å²) in [4.78, 5) is 25.9. The van der Waals surface area contributed by atoms with Gasteiger partial charge in [-0.3, -0.25) is 0 Å². The van der Waals surface area contributed by atoms with Crippen molar-refractivity contribution < 1.29 is 29.4 Å². The molecule has 0 unspecified atom stereocenters. The highest BCUT2D eigenvalue weighted by Gasteiger charge is 2.12. The van der Waals surface area contributed by atoms with E-state index in [1.165, 1.54) is 5.39 Å². The summed E-state index contributed by atoms with van der Waals surface area (Å²) in [6.07, 6.45) is 0. The molecule has 0 spiro atoms. The molecule has 0 aromatic heterocycles. The number of hydrogen-bond donors (Lipinski definition) is 2. The number of likely N-dealkylation sites (N-methyl/N-ethyl adjacent to an activating group) is 1. The lowest BCUT2D eigenvalue weighted by Crippen LogP contribution is -2.17. The number of carboxylic acid groups (broad SMARTS) is 2. The first kappa shape index (κ1) is 24.4. The first-order chi connectivity index (χ1) is 15.3. The molecule has 0 aliphatic heterocycles. The highest BCUT2D eigenvalue weighted by Crippen LogP contribution is 2.23. The van der Waals surface area contributed by atoms with Crippen LogP contribution in [0.3, 0.4) is 0 Å². The fourth-order valence-corrected chi connectivity index (χ4v) is 2.77. The fraction of sp³-hybridized carbons (Fsp3) is 0.208. The number of aliphatic carboxylic acids is 2. The normalized spacial score (nSPS) is 10.9. The Bertz CT molecular complexity index is 1060. The smallest absolute Gasteiger partial charge is 0.414 e. The molecule has 8 nitrogen and oxygen atoms in total. The maximum absolute atomic E-state index is 9.10. The maximum Gasteiger partial charge on any atom is 0.414 e. The third-order valence-corrected chi connectivity index (χ3v) is 4.38. The van der Waals surface area contributed by atoms with Gasteiger partial charge in [0.25, 0.3) is 0 Å². The Hall–Kier alpha value is -3.91. The van der Waals surface area contributed by atoms with Gasteiger partial charge in [-0.15, -0.1) is 0 Å². The fourth-order valence-electron chi connectivity index (χ4n) is 2.77. The van der Waals surface area contributed by atoms with E-state index in [2.05, 4.69) is 40.4 Å². The van der Waals surface area contributed by atoms with Gasteiger partial charge in [-0.25, -0.2) is 9.59 Å². The summed E-state index contributed by atoms with van der Waals surface area (Å²) in [6, 6.07) is 22.5. The first-order valence-corrected chi connectivity index (χ1v) is 9.77. The molecule has 3 aromatic carbocycles. The number of rotatable bonds is 7. The summed E-state index contributed by atoms with van der Waals surface area (Å²) < 4.78 is 5.27. The van der Waals surface area contributed by atoms with Gasteiger partial charge in [-0.2, -0.15) is 0 Å². The Morgan fingerprint density at radius 1 is 0.906 bits per heavy atom. The van der Waals surface area contributed by atoms with Gasteiger partial charge in [0.05, 0.1) is 7.11 Å². The van der Waals surface area contributed by atoms with Crippen LogP contribution in [0.4, 0.5) is 0 Å². The molecular weight excluding hydrogens is 412 g/mol. The van der Waals surface area contributed by atoms with E-state index in [9.17, 15) is 0 Å². The van der Waals surface area contributed by atoms with Crippen molar-refractivity contribution in [3.8, 4) is 5.75 Å². The van der Waals surface area contributed by atoms with Crippen LogP contribution in [-0.4, -0.2) is 67.1 Å². The summed E-state index contributed by atoms with van der Waals surface area (Å²) >= 11 is 0. The molecule has 2 N–H and O–H groups in total. The lowest BCUT2D eigenvalue weighted by Gasteiger charge is -2.12. The third-order valence-electron chi connectivity index (χ3n) is 4.38. The summed E-state index contributed by atoms with van der Waals surface area (Å²) in [5.74, 6) is -2.83. The Balaban J connectivity index is 0.000000534. The number of fused-ring (bicyclic) bond motifs is 1. The molecule has 0 aliphatic carbocycles. The van der Waals surface area contributed by atoms with Gasteiger partial charge >= 0.3 is 11.9 Å². The molecule has 3 rings (SSSR count). The van der Waals surface area contributed by atoms with E-state index in [0.717, 1.165) is 34.5 Å². The van der Waals surface area contributed by atoms with E-state index in [1.54, 1.807) is 7.11 Å². The van der Waals surface area contributed by atoms with Crippen LogP contribution in [0.15, 0.2) is 71.9 Å². The molecule has 0 heterocycles. The summed E-state index contributed by atoms with van der Waals surface area (Å²) in [6.45, 7) is 1.35. The zero-order chi connectivity index (χ0) is 23.5. The van der Waals surface area contributed by atoms with Crippen molar-refractivity contribution >= 4 is 28.4 Å². The van der Waals surface area contributed by atoms with Crippen molar-refractivity contribution in [3.05, 3.63) is 77.9 Å². The molecule has 32 heavy (non-hydrogen) atoms. The van der Waals surface area contributed by atoms with E-state index in [4.69, 9.17) is 29.4 Å². The molecular formula is C24H26N2O6. The number of methoxy groups -OCH3 is 1. The zero-order valence-corrected chi connectivity index (χ0v) is 18.2. The molecule has 0 amide bonds. The highest BCUT2D eigenvalue weighted by molar-refractivity contribution is 6.27. The Labute approximate surface area is 186 Å². The molecule has 0 fully saturated rings. The number of oxime groups is 1. The van der Waals surface area contributed by atoms with Gasteiger partial charge in [-0.05, 0) is 49.1 Å². The minimum atomic E-state index is -1.82. The minimum Gasteiger partial charge on any atom is -0.497 e. The number of benzene rings is 3. The first-order valence-electron chi connectivity index (χ1n) is 9.77. The molecule has 0 saturated heterocycles. The number of ether oxygens (including phenoxy) is 1. The second kappa shape index (κ2) is 12.1. The largest absolute Gasteiger partial charge is 0.497 e. The third kappa shape index (κ3) is 7.10. The van der Waals surface area contributed by atoms with Gasteiger partial charge in [0, 0.05) is 17.7 Å². The predicted octanol–water partition coefficient (Wildman–Crippen LogP) is 3.33. The minimum absolute atomic E-state index is 0.539. The quantitative estimate of drug-likeness (QED) is 0.252. The monoisotopic (exact) mass is 438 g/mol. The second-order valence-electron chi connectivity index (χ2n) is 6.94. The van der Waals surface area contributed by atoms with Gasteiger partial charge in [0.1, 0.15) is 18.1 Å². The van der Waals surface area contributed by atoms with Crippen LogP contribution in [0.25, 0.3) is 10.8 Å². The number of hydrogen-bond acceptors (Lipinski definition) is 6. The number of carbonyl (C=O) groups is 2. The van der Waals surface area contributed by atoms with Crippen molar-refractivity contribution in [1.29, 1.82) is 0 Å². The van der Waals surface area contributed by atoms with Crippen LogP contribution in [-0.2, 0) is 14.4 Å². The Kier molecular flexibility index (Phi) is 9.19. The van der Waals surface area contributed by atoms with Crippen molar-refractivity contribution in [2.75, 3.05) is 34.4 Å². The number of nitrogens with zero attached hydrogens (tertiary/aromatic N) is 2. The van der Waals surface area contributed by atoms with Crippen LogP contribution in [0.5, 0.6) is 5.75 Å². The van der Waals surface area contributed by atoms with Gasteiger partial charge in [0.2, 0.25) is 0 Å². The van der Waals surface area contributed by atoms with Gasteiger partial charge in [0.15, 0.2) is 0 Å². The molecule has 0 aliphatic rings. The van der Waals surface area contributed by atoms with Crippen LogP contribution >= 0.6 is 0 Å². The molecule has 0 atom stereocenters. The number of carboxylic acids is 2. The standard InChI is InChI=1S/C22H24N2O2.C2H2O4/c1-24(2)15-16-26-23-22(18-11-13-19(25-3)14-12-18)21-10-6-8-17-7-4-5-9-20(17)21;3-1(4)2(5)6/h4-14H,15-16H2,1-3H3;(H,3,4)(H,5,6). The van der Waals surface area contributed by atoms with E-state index in [0.29, 0.717) is 6.61 Å². The lowest BCUT2D eigenvalue weighted by atomic mass is 9.96. The summed E-state index contributed by atoms with van der Waals surface area (Å²) in [7, 11) is 5.70. The Morgan fingerprint density at radius 2 is 1.53 bits per heavy atom. The lowest BCUT2D eigenvalue weighted by molar-refractivity contribution is -0.159. The molecule has 0 saturated carbocycles. The van der Waals surface area contributed by atoms with E-state index >= 15 is 0 Å². The van der Waals surface area contributed by atoms with Crippen LogP contribution < -0.4 is 4.74 Å². The van der Waals surface area contributed by atoms with Crippen molar-refractivity contribution in [2.45, 2.75) is 0 Å². The summed E-state index contributed by atoms with van der Waals surface area (Å²) in [5.41, 5.74) is 2.87. The van der Waals surface area contributed by atoms with Crippen molar-refractivity contribution in [1.82, 2.24) is 4.90 Å². The predicted molar refractivity (Wildman–Crippen MR) is 122 cm³/mol.